The van der Waals surface area contributed by atoms with Crippen molar-refractivity contribution in [2.75, 3.05) is 19.6 Å². The number of aliphatic hydroxyl groups excluding tert-OH is 1. The van der Waals surface area contributed by atoms with E-state index in [9.17, 15) is 9.90 Å². The number of aliphatic hydroxyl groups is 1. The third-order valence-electron chi connectivity index (χ3n) is 6.82. The molecule has 2 aromatic rings. The highest BCUT2D eigenvalue weighted by Gasteiger charge is 2.28. The third-order valence-corrected chi connectivity index (χ3v) is 6.82. The van der Waals surface area contributed by atoms with Crippen LogP contribution in [-0.2, 0) is 6.61 Å². The topological polar surface area (TPSA) is 61.8 Å². The average molecular weight is 437 g/mol. The van der Waals surface area contributed by atoms with E-state index in [1.807, 2.05) is 42.5 Å². The molecule has 0 spiro atoms. The van der Waals surface area contributed by atoms with Gasteiger partial charge >= 0.3 is 0 Å². The van der Waals surface area contributed by atoms with Gasteiger partial charge in [0.25, 0.3) is 5.91 Å². The second-order valence-corrected chi connectivity index (χ2v) is 9.35. The van der Waals surface area contributed by atoms with Crippen LogP contribution >= 0.6 is 0 Å². The maximum absolute atomic E-state index is 12.9. The van der Waals surface area contributed by atoms with Crippen LogP contribution in [0.1, 0.15) is 60.9 Å². The molecule has 172 valence electrons. The van der Waals surface area contributed by atoms with Crippen molar-refractivity contribution in [3.63, 3.8) is 0 Å². The van der Waals surface area contributed by atoms with Gasteiger partial charge < -0.3 is 20.1 Å². The molecule has 4 rings (SSSR count). The van der Waals surface area contributed by atoms with Crippen LogP contribution in [0.25, 0.3) is 0 Å². The molecule has 2 atom stereocenters. The van der Waals surface area contributed by atoms with E-state index in [0.29, 0.717) is 12.2 Å². The molecule has 2 fully saturated rings. The fourth-order valence-electron chi connectivity index (χ4n) is 4.95. The zero-order valence-corrected chi connectivity index (χ0v) is 18.9. The van der Waals surface area contributed by atoms with E-state index in [1.54, 1.807) is 12.1 Å². The number of likely N-dealkylation sites (tertiary alicyclic amines) is 1. The van der Waals surface area contributed by atoms with Crippen LogP contribution in [0, 0.1) is 5.92 Å². The fraction of sp³-hybridized carbons (Fsp3) is 0.519. The number of nitrogens with zero attached hydrogens (tertiary/aromatic N) is 1. The van der Waals surface area contributed by atoms with Crippen LogP contribution < -0.4 is 10.1 Å². The number of amides is 1. The molecule has 5 nitrogen and oxygen atoms in total. The number of hydrogen-bond donors (Lipinski definition) is 2. The third kappa shape index (κ3) is 6.57. The number of nitrogens with one attached hydrogen (secondary N) is 1. The minimum absolute atomic E-state index is 0.136. The summed E-state index contributed by atoms with van der Waals surface area (Å²) in [5, 5.41) is 13.7. The van der Waals surface area contributed by atoms with Crippen LogP contribution in [0.2, 0.25) is 0 Å². The van der Waals surface area contributed by atoms with Crippen molar-refractivity contribution in [1.82, 2.24) is 10.2 Å². The standard InChI is InChI=1S/C27H36N2O3/c30-26-12-7-17-29(18-21-8-3-1-4-9-21)19-25(26)28-27(31)23-13-15-24(16-14-23)32-20-22-10-5-2-6-11-22/h2,5-6,10-11,13-16,21,25-26,30H,1,3-4,7-9,12,17-20H2,(H,28,31)/t25-,26-/m1/s1. The van der Waals surface area contributed by atoms with Gasteiger partial charge in [-0.2, -0.15) is 0 Å². The second kappa shape index (κ2) is 11.5. The Labute approximate surface area is 191 Å². The largest absolute Gasteiger partial charge is 0.489 e. The predicted molar refractivity (Wildman–Crippen MR) is 127 cm³/mol. The van der Waals surface area contributed by atoms with Gasteiger partial charge in [-0.3, -0.25) is 4.79 Å². The van der Waals surface area contributed by atoms with Crippen molar-refractivity contribution in [2.24, 2.45) is 5.92 Å². The first kappa shape index (κ1) is 22.8. The van der Waals surface area contributed by atoms with Crippen LogP contribution in [-0.4, -0.2) is 47.7 Å². The molecule has 0 radical (unpaired) electrons. The van der Waals surface area contributed by atoms with Gasteiger partial charge in [0.2, 0.25) is 0 Å². The lowest BCUT2D eigenvalue weighted by Crippen LogP contribution is -2.49. The first-order chi connectivity index (χ1) is 15.7. The van der Waals surface area contributed by atoms with Gasteiger partial charge in [-0.05, 0) is 68.0 Å². The smallest absolute Gasteiger partial charge is 0.251 e. The molecule has 0 aromatic heterocycles. The zero-order chi connectivity index (χ0) is 22.2. The van der Waals surface area contributed by atoms with Gasteiger partial charge in [-0.1, -0.05) is 49.6 Å². The molecule has 5 heteroatoms. The molecule has 2 N–H and O–H groups in total. The van der Waals surface area contributed by atoms with Crippen molar-refractivity contribution < 1.29 is 14.6 Å². The summed E-state index contributed by atoms with van der Waals surface area (Å²) in [6, 6.07) is 17.0. The van der Waals surface area contributed by atoms with E-state index in [4.69, 9.17) is 4.74 Å². The Hall–Kier alpha value is -2.37. The van der Waals surface area contributed by atoms with Gasteiger partial charge in [-0.15, -0.1) is 0 Å². The van der Waals surface area contributed by atoms with E-state index in [0.717, 1.165) is 49.7 Å². The maximum Gasteiger partial charge on any atom is 0.251 e. The SMILES string of the molecule is O=C(N[C@@H]1CN(CC2CCCCC2)CCC[C@H]1O)c1ccc(OCc2ccccc2)cc1. The van der Waals surface area contributed by atoms with Gasteiger partial charge in [0.05, 0.1) is 12.1 Å². The second-order valence-electron chi connectivity index (χ2n) is 9.35. The molecule has 0 bridgehead atoms. The summed E-state index contributed by atoms with van der Waals surface area (Å²) in [6.45, 7) is 3.32. The zero-order valence-electron chi connectivity index (χ0n) is 18.9. The van der Waals surface area contributed by atoms with Crippen LogP contribution in [0.15, 0.2) is 54.6 Å². The van der Waals surface area contributed by atoms with Crippen molar-refractivity contribution in [3.8, 4) is 5.75 Å². The Morgan fingerprint density at radius 2 is 1.72 bits per heavy atom. The van der Waals surface area contributed by atoms with Crippen molar-refractivity contribution in [3.05, 3.63) is 65.7 Å². The van der Waals surface area contributed by atoms with Crippen LogP contribution in [0.4, 0.5) is 0 Å². The summed E-state index contributed by atoms with van der Waals surface area (Å²) in [4.78, 5) is 15.3. The number of rotatable bonds is 7. The highest BCUT2D eigenvalue weighted by molar-refractivity contribution is 5.94. The molecular weight excluding hydrogens is 400 g/mol. The number of hydrogen-bond acceptors (Lipinski definition) is 4. The summed E-state index contributed by atoms with van der Waals surface area (Å²) in [5.41, 5.74) is 1.70. The van der Waals surface area contributed by atoms with E-state index in [2.05, 4.69) is 10.2 Å². The lowest BCUT2D eigenvalue weighted by Gasteiger charge is -2.31. The van der Waals surface area contributed by atoms with Crippen LogP contribution in [0.5, 0.6) is 5.75 Å². The Bertz CT molecular complexity index is 834. The molecule has 1 saturated carbocycles. The first-order valence-corrected chi connectivity index (χ1v) is 12.2. The summed E-state index contributed by atoms with van der Waals surface area (Å²) >= 11 is 0. The monoisotopic (exact) mass is 436 g/mol. The molecule has 1 heterocycles. The normalized spacial score (nSPS) is 22.8. The van der Waals surface area contributed by atoms with E-state index >= 15 is 0 Å². The van der Waals surface area contributed by atoms with E-state index in [-0.39, 0.29) is 11.9 Å². The molecule has 32 heavy (non-hydrogen) atoms. The molecule has 0 unspecified atom stereocenters. The van der Waals surface area contributed by atoms with E-state index < -0.39 is 6.10 Å². The minimum Gasteiger partial charge on any atom is -0.489 e. The average Bonchev–Trinajstić information content (AvgIpc) is 3.00. The number of ether oxygens (including phenoxy) is 1. The van der Waals surface area contributed by atoms with Gasteiger partial charge in [0.15, 0.2) is 0 Å². The molecule has 1 saturated heterocycles. The molecular formula is C27H36N2O3. The highest BCUT2D eigenvalue weighted by atomic mass is 16.5. The molecule has 2 aliphatic rings. The number of carbonyl (C=O) groups is 1. The summed E-state index contributed by atoms with van der Waals surface area (Å²) in [5.74, 6) is 1.36. The van der Waals surface area contributed by atoms with Crippen molar-refractivity contribution in [2.45, 2.75) is 63.7 Å². The van der Waals surface area contributed by atoms with Gasteiger partial charge in [-0.25, -0.2) is 0 Å². The van der Waals surface area contributed by atoms with Gasteiger partial charge in [0.1, 0.15) is 12.4 Å². The highest BCUT2D eigenvalue weighted by Crippen LogP contribution is 2.25. The van der Waals surface area contributed by atoms with E-state index in [1.165, 1.54) is 32.1 Å². The molecule has 1 amide bonds. The van der Waals surface area contributed by atoms with Crippen molar-refractivity contribution in [1.29, 1.82) is 0 Å². The number of benzene rings is 2. The molecule has 2 aromatic carbocycles. The fourth-order valence-corrected chi connectivity index (χ4v) is 4.95. The Kier molecular flexibility index (Phi) is 8.18. The summed E-state index contributed by atoms with van der Waals surface area (Å²) in [7, 11) is 0. The van der Waals surface area contributed by atoms with Crippen LogP contribution in [0.3, 0.4) is 0 Å². The number of carbonyl (C=O) groups excluding carboxylic acids is 1. The minimum atomic E-state index is -0.496. The Morgan fingerprint density at radius 1 is 0.969 bits per heavy atom. The molecule has 1 aliphatic carbocycles. The lowest BCUT2D eigenvalue weighted by molar-refractivity contribution is 0.0789. The lowest BCUT2D eigenvalue weighted by atomic mass is 9.89. The summed E-state index contributed by atoms with van der Waals surface area (Å²) in [6.07, 6.45) is 7.89. The predicted octanol–water partition coefficient (Wildman–Crippen LogP) is 4.40. The van der Waals surface area contributed by atoms with Gasteiger partial charge in [0, 0.05) is 18.7 Å². The first-order valence-electron chi connectivity index (χ1n) is 12.2. The quantitative estimate of drug-likeness (QED) is 0.675. The summed E-state index contributed by atoms with van der Waals surface area (Å²) < 4.78 is 5.82. The van der Waals surface area contributed by atoms with Crippen molar-refractivity contribution >= 4 is 5.91 Å². The Morgan fingerprint density at radius 3 is 2.47 bits per heavy atom. The maximum atomic E-state index is 12.9. The molecule has 1 aliphatic heterocycles. The Balaban J connectivity index is 1.30.